The maximum Gasteiger partial charge on any atom is 0.307 e. The number of aryl methyl sites for hydroxylation is 1. The van der Waals surface area contributed by atoms with Crippen molar-refractivity contribution in [3.63, 3.8) is 0 Å². The lowest BCUT2D eigenvalue weighted by atomic mass is 10.00. The van der Waals surface area contributed by atoms with Crippen molar-refractivity contribution in [2.75, 3.05) is 5.75 Å². The standard InChI is InChI=1S/C16H13ClO4S/c17-14-7-10(8-16(18)19)1-3-13(14)11-2-4-15-12(9-11)5-6-22(15,20)21/h1-4,7,9H,5-6,8H2,(H,18,19). The molecular formula is C16H13ClO4S. The van der Waals surface area contributed by atoms with Gasteiger partial charge < -0.3 is 5.11 Å². The summed E-state index contributed by atoms with van der Waals surface area (Å²) in [6.07, 6.45) is 0.433. The summed E-state index contributed by atoms with van der Waals surface area (Å²) in [6.45, 7) is 0. The molecule has 0 saturated heterocycles. The molecule has 6 heteroatoms. The van der Waals surface area contributed by atoms with Crippen molar-refractivity contribution in [2.45, 2.75) is 17.7 Å². The van der Waals surface area contributed by atoms with Gasteiger partial charge in [0.15, 0.2) is 9.84 Å². The van der Waals surface area contributed by atoms with Crippen LogP contribution in [0.15, 0.2) is 41.3 Å². The second kappa shape index (κ2) is 5.41. The molecule has 1 aliphatic rings. The third-order valence-corrected chi connectivity index (χ3v) is 5.86. The number of hydrogen-bond donors (Lipinski definition) is 1. The van der Waals surface area contributed by atoms with Crippen LogP contribution in [0.25, 0.3) is 11.1 Å². The van der Waals surface area contributed by atoms with Crippen LogP contribution in [-0.2, 0) is 27.5 Å². The van der Waals surface area contributed by atoms with Crippen LogP contribution < -0.4 is 0 Å². The molecule has 0 unspecified atom stereocenters. The number of carbonyl (C=O) groups is 1. The topological polar surface area (TPSA) is 71.4 Å². The van der Waals surface area contributed by atoms with E-state index < -0.39 is 15.8 Å². The van der Waals surface area contributed by atoms with Crippen LogP contribution in [0.5, 0.6) is 0 Å². The Hall–Kier alpha value is -1.85. The first-order valence-corrected chi connectivity index (χ1v) is 8.76. The smallest absolute Gasteiger partial charge is 0.307 e. The number of sulfone groups is 1. The van der Waals surface area contributed by atoms with Gasteiger partial charge in [0.05, 0.1) is 17.1 Å². The van der Waals surface area contributed by atoms with Gasteiger partial charge in [-0.2, -0.15) is 0 Å². The zero-order valence-corrected chi connectivity index (χ0v) is 13.1. The highest BCUT2D eigenvalue weighted by Gasteiger charge is 2.26. The monoisotopic (exact) mass is 336 g/mol. The molecule has 1 aliphatic heterocycles. The molecule has 0 aromatic heterocycles. The Labute approximate surface area is 133 Å². The molecule has 0 aliphatic carbocycles. The molecule has 0 atom stereocenters. The summed E-state index contributed by atoms with van der Waals surface area (Å²) in [5.74, 6) is -0.761. The van der Waals surface area contributed by atoms with Gasteiger partial charge >= 0.3 is 5.97 Å². The van der Waals surface area contributed by atoms with Gasteiger partial charge in [0, 0.05) is 10.6 Å². The Morgan fingerprint density at radius 3 is 2.64 bits per heavy atom. The van der Waals surface area contributed by atoms with Gasteiger partial charge in [0.25, 0.3) is 0 Å². The first-order valence-electron chi connectivity index (χ1n) is 6.73. The van der Waals surface area contributed by atoms with Crippen molar-refractivity contribution in [3.05, 3.63) is 52.5 Å². The highest BCUT2D eigenvalue weighted by molar-refractivity contribution is 7.91. The molecule has 0 bridgehead atoms. The van der Waals surface area contributed by atoms with Crippen LogP contribution >= 0.6 is 11.6 Å². The zero-order chi connectivity index (χ0) is 15.9. The van der Waals surface area contributed by atoms with Crippen LogP contribution in [0.4, 0.5) is 0 Å². The van der Waals surface area contributed by atoms with E-state index in [2.05, 4.69) is 0 Å². The second-order valence-electron chi connectivity index (χ2n) is 5.28. The largest absolute Gasteiger partial charge is 0.481 e. The first kappa shape index (κ1) is 15.1. The predicted octanol–water partition coefficient (Wildman–Crippen LogP) is 2.96. The van der Waals surface area contributed by atoms with Crippen molar-refractivity contribution < 1.29 is 18.3 Å². The number of hydrogen-bond acceptors (Lipinski definition) is 3. The van der Waals surface area contributed by atoms with Crippen molar-refractivity contribution in [1.82, 2.24) is 0 Å². The van der Waals surface area contributed by atoms with E-state index in [1.807, 2.05) is 6.07 Å². The lowest BCUT2D eigenvalue weighted by molar-refractivity contribution is -0.136. The number of carboxylic acid groups (broad SMARTS) is 1. The summed E-state index contributed by atoms with van der Waals surface area (Å²) in [6, 6.07) is 10.3. The number of benzene rings is 2. The summed E-state index contributed by atoms with van der Waals surface area (Å²) in [7, 11) is -3.13. The van der Waals surface area contributed by atoms with Crippen LogP contribution in [0, 0.1) is 0 Å². The Kier molecular flexibility index (Phi) is 3.70. The van der Waals surface area contributed by atoms with Crippen molar-refractivity contribution in [3.8, 4) is 11.1 Å². The van der Waals surface area contributed by atoms with E-state index in [-0.39, 0.29) is 12.2 Å². The lowest BCUT2D eigenvalue weighted by Crippen LogP contribution is -2.00. The summed E-state index contributed by atoms with van der Waals surface area (Å²) >= 11 is 6.24. The van der Waals surface area contributed by atoms with Crippen molar-refractivity contribution >= 4 is 27.4 Å². The van der Waals surface area contributed by atoms with E-state index in [1.165, 1.54) is 0 Å². The normalized spacial score (nSPS) is 15.5. The molecule has 0 fully saturated rings. The molecule has 2 aromatic rings. The van der Waals surface area contributed by atoms with Gasteiger partial charge in [-0.15, -0.1) is 0 Å². The lowest BCUT2D eigenvalue weighted by Gasteiger charge is -2.08. The summed E-state index contributed by atoms with van der Waals surface area (Å²) in [5, 5.41) is 9.26. The molecular weight excluding hydrogens is 324 g/mol. The van der Waals surface area contributed by atoms with Crippen LogP contribution in [0.2, 0.25) is 5.02 Å². The average Bonchev–Trinajstić information content (AvgIpc) is 2.73. The molecule has 3 rings (SSSR count). The Morgan fingerprint density at radius 2 is 1.95 bits per heavy atom. The molecule has 22 heavy (non-hydrogen) atoms. The van der Waals surface area contributed by atoms with Crippen LogP contribution in [0.3, 0.4) is 0 Å². The molecule has 0 radical (unpaired) electrons. The van der Waals surface area contributed by atoms with Gasteiger partial charge in [-0.05, 0) is 41.3 Å². The maximum absolute atomic E-state index is 11.8. The fourth-order valence-corrected chi connectivity index (χ4v) is 4.53. The fraction of sp³-hybridized carbons (Fsp3) is 0.188. The number of carboxylic acids is 1. The van der Waals surface area contributed by atoms with E-state index in [4.69, 9.17) is 16.7 Å². The molecule has 114 valence electrons. The number of halogens is 1. The van der Waals surface area contributed by atoms with E-state index in [9.17, 15) is 13.2 Å². The molecule has 4 nitrogen and oxygen atoms in total. The Balaban J connectivity index is 2.01. The van der Waals surface area contributed by atoms with E-state index >= 15 is 0 Å². The Bertz CT molecular complexity index is 872. The quantitative estimate of drug-likeness (QED) is 0.935. The highest BCUT2D eigenvalue weighted by Crippen LogP contribution is 2.34. The Morgan fingerprint density at radius 1 is 1.18 bits per heavy atom. The van der Waals surface area contributed by atoms with Gasteiger partial charge in [0.1, 0.15) is 0 Å². The van der Waals surface area contributed by atoms with E-state index in [1.54, 1.807) is 30.3 Å². The zero-order valence-electron chi connectivity index (χ0n) is 11.5. The second-order valence-corrected chi connectivity index (χ2v) is 7.76. The summed E-state index contributed by atoms with van der Waals surface area (Å²) in [5.41, 5.74) is 3.04. The average molecular weight is 337 g/mol. The van der Waals surface area contributed by atoms with Crippen molar-refractivity contribution in [1.29, 1.82) is 0 Å². The summed E-state index contributed by atoms with van der Waals surface area (Å²) < 4.78 is 23.7. The van der Waals surface area contributed by atoms with Gasteiger partial charge in [-0.3, -0.25) is 4.79 Å². The predicted molar refractivity (Wildman–Crippen MR) is 84.0 cm³/mol. The molecule has 1 heterocycles. The van der Waals surface area contributed by atoms with Crippen LogP contribution in [0.1, 0.15) is 11.1 Å². The minimum absolute atomic E-state index is 0.0809. The number of fused-ring (bicyclic) bond motifs is 1. The molecule has 0 saturated carbocycles. The van der Waals surface area contributed by atoms with Gasteiger partial charge in [-0.25, -0.2) is 8.42 Å². The van der Waals surface area contributed by atoms with Gasteiger partial charge in [-0.1, -0.05) is 29.8 Å². The SMILES string of the molecule is O=C(O)Cc1ccc(-c2ccc3c(c2)CCS3(=O)=O)c(Cl)c1. The van der Waals surface area contributed by atoms with Crippen molar-refractivity contribution in [2.24, 2.45) is 0 Å². The van der Waals surface area contributed by atoms with E-state index in [0.29, 0.717) is 21.9 Å². The molecule has 1 N–H and O–H groups in total. The minimum Gasteiger partial charge on any atom is -0.481 e. The molecule has 0 amide bonds. The maximum atomic E-state index is 11.8. The third-order valence-electron chi connectivity index (χ3n) is 3.74. The number of aliphatic carboxylic acids is 1. The van der Waals surface area contributed by atoms with E-state index in [0.717, 1.165) is 16.7 Å². The highest BCUT2D eigenvalue weighted by atomic mass is 35.5. The molecule has 2 aromatic carbocycles. The van der Waals surface area contributed by atoms with Crippen LogP contribution in [-0.4, -0.2) is 25.2 Å². The summed E-state index contributed by atoms with van der Waals surface area (Å²) in [4.78, 5) is 11.1. The minimum atomic E-state index is -3.13. The first-order chi connectivity index (χ1) is 10.4. The molecule has 0 spiro atoms. The third kappa shape index (κ3) is 2.74. The fourth-order valence-electron chi connectivity index (χ4n) is 2.68. The number of rotatable bonds is 3. The van der Waals surface area contributed by atoms with Gasteiger partial charge in [0.2, 0.25) is 0 Å².